The minimum atomic E-state index is -0.253. The first-order valence-corrected chi connectivity index (χ1v) is 12.4. The highest BCUT2D eigenvalue weighted by molar-refractivity contribution is 7.20. The number of thiazole rings is 1. The van der Waals surface area contributed by atoms with Gasteiger partial charge in [0.1, 0.15) is 0 Å². The molecule has 7 heteroatoms. The lowest BCUT2D eigenvalue weighted by Crippen LogP contribution is -2.25. The first-order chi connectivity index (χ1) is 16.5. The molecule has 5 nitrogen and oxygen atoms in total. The van der Waals surface area contributed by atoms with Crippen molar-refractivity contribution < 1.29 is 9.90 Å². The first kappa shape index (κ1) is 22.1. The largest absolute Gasteiger partial charge is 0.494 e. The number of aromatic hydroxyl groups is 1. The molecule has 0 bridgehead atoms. The number of thiophene rings is 1. The van der Waals surface area contributed by atoms with E-state index in [9.17, 15) is 14.7 Å². The topological polar surface area (TPSA) is 73.4 Å². The number of carbonyl (C=O) groups excluding carboxylic acids is 1. The number of benzene rings is 3. The summed E-state index contributed by atoms with van der Waals surface area (Å²) >= 11 is 2.55. The molecule has 0 fully saturated rings. The smallest absolute Gasteiger partial charge is 0.307 e. The highest BCUT2D eigenvalue weighted by Crippen LogP contribution is 2.27. The summed E-state index contributed by atoms with van der Waals surface area (Å²) in [6, 6.07) is 26.3. The molecular formula is C27H22N2O3S2. The highest BCUT2D eigenvalue weighted by Gasteiger charge is 2.15. The monoisotopic (exact) mass is 486 g/mol. The number of nitrogens with one attached hydrogen (secondary N) is 1. The Morgan fingerprint density at radius 2 is 1.71 bits per heavy atom. The number of nitrogens with zero attached hydrogens (tertiary/aromatic N) is 1. The van der Waals surface area contributed by atoms with Crippen molar-refractivity contribution in [1.82, 2.24) is 9.88 Å². The fraction of sp³-hybridized carbons (Fsp3) is 0.111. The van der Waals surface area contributed by atoms with Gasteiger partial charge in [0.05, 0.1) is 9.75 Å². The van der Waals surface area contributed by atoms with Crippen molar-refractivity contribution >= 4 is 38.7 Å². The Labute approximate surface area is 204 Å². The van der Waals surface area contributed by atoms with Crippen molar-refractivity contribution in [3.63, 3.8) is 0 Å². The molecule has 0 atom stereocenters. The summed E-state index contributed by atoms with van der Waals surface area (Å²) in [5, 5.41) is 10.9. The van der Waals surface area contributed by atoms with Gasteiger partial charge in [0.2, 0.25) is 5.88 Å². The maximum atomic E-state index is 13.0. The Bertz CT molecular complexity index is 1500. The second-order valence-corrected chi connectivity index (χ2v) is 10.3. The Morgan fingerprint density at radius 3 is 2.44 bits per heavy atom. The Balaban J connectivity index is 1.29. The van der Waals surface area contributed by atoms with Gasteiger partial charge in [-0.2, -0.15) is 0 Å². The van der Waals surface area contributed by atoms with Gasteiger partial charge in [-0.1, -0.05) is 72.0 Å². The lowest BCUT2D eigenvalue weighted by molar-refractivity contribution is 0.0790. The normalized spacial score (nSPS) is 11.1. The number of hydrogen-bond donors (Lipinski definition) is 2. The number of H-pyrrole nitrogens is 1. The van der Waals surface area contributed by atoms with E-state index < -0.39 is 0 Å². The van der Waals surface area contributed by atoms with Crippen molar-refractivity contribution in [2.45, 2.75) is 13.0 Å². The van der Waals surface area contributed by atoms with Crippen LogP contribution in [0.25, 0.3) is 21.2 Å². The summed E-state index contributed by atoms with van der Waals surface area (Å²) in [5.74, 6) is -0.0349. The molecule has 0 aliphatic carbocycles. The van der Waals surface area contributed by atoms with E-state index in [0.29, 0.717) is 17.8 Å². The van der Waals surface area contributed by atoms with Crippen LogP contribution in [-0.2, 0) is 13.0 Å². The van der Waals surface area contributed by atoms with E-state index >= 15 is 0 Å². The van der Waals surface area contributed by atoms with Crippen LogP contribution in [0.3, 0.4) is 0 Å². The Hall–Kier alpha value is -3.68. The SMILES string of the molecule is CN(Cc1cccc(-c2ccc(Cc3sc(=O)[nH]c3O)cc2)c1)C(=O)c1cc2ccccc2s1. The van der Waals surface area contributed by atoms with E-state index in [1.54, 1.807) is 4.90 Å². The summed E-state index contributed by atoms with van der Waals surface area (Å²) in [5.41, 5.74) is 4.20. The molecule has 3 aromatic carbocycles. The summed E-state index contributed by atoms with van der Waals surface area (Å²) in [7, 11) is 1.83. The van der Waals surface area contributed by atoms with Crippen molar-refractivity contribution in [2.24, 2.45) is 0 Å². The second-order valence-electron chi connectivity index (χ2n) is 8.17. The third-order valence-electron chi connectivity index (χ3n) is 5.68. The van der Waals surface area contributed by atoms with Gasteiger partial charge >= 0.3 is 4.87 Å². The van der Waals surface area contributed by atoms with Crippen LogP contribution in [0.1, 0.15) is 25.7 Å². The minimum Gasteiger partial charge on any atom is -0.494 e. The molecule has 34 heavy (non-hydrogen) atoms. The fourth-order valence-electron chi connectivity index (χ4n) is 3.94. The summed E-state index contributed by atoms with van der Waals surface area (Å²) in [4.78, 5) is 29.7. The average molecular weight is 487 g/mol. The molecular weight excluding hydrogens is 464 g/mol. The maximum absolute atomic E-state index is 13.0. The summed E-state index contributed by atoms with van der Waals surface area (Å²) in [6.07, 6.45) is 0.500. The van der Waals surface area contributed by atoms with Gasteiger partial charge < -0.3 is 10.0 Å². The van der Waals surface area contributed by atoms with Crippen LogP contribution in [-0.4, -0.2) is 27.9 Å². The zero-order chi connectivity index (χ0) is 23.7. The summed E-state index contributed by atoms with van der Waals surface area (Å²) in [6.45, 7) is 0.519. The third-order valence-corrected chi connectivity index (χ3v) is 7.66. The Morgan fingerprint density at radius 1 is 0.912 bits per heavy atom. The molecule has 0 unspecified atom stereocenters. The van der Waals surface area contributed by atoms with Crippen LogP contribution in [0.4, 0.5) is 0 Å². The van der Waals surface area contributed by atoms with Crippen molar-refractivity contribution in [3.05, 3.63) is 109 Å². The summed E-state index contributed by atoms with van der Waals surface area (Å²) < 4.78 is 1.12. The van der Waals surface area contributed by atoms with E-state index in [0.717, 1.165) is 48.6 Å². The zero-order valence-electron chi connectivity index (χ0n) is 18.4. The average Bonchev–Trinajstić information content (AvgIpc) is 3.41. The fourth-order valence-corrected chi connectivity index (χ4v) is 5.76. The van der Waals surface area contributed by atoms with Crippen LogP contribution in [0, 0.1) is 0 Å². The number of aromatic amines is 1. The molecule has 170 valence electrons. The van der Waals surface area contributed by atoms with E-state index in [4.69, 9.17) is 0 Å². The molecule has 0 aliphatic rings. The predicted molar refractivity (Wildman–Crippen MR) is 139 cm³/mol. The van der Waals surface area contributed by atoms with E-state index in [1.807, 2.05) is 73.8 Å². The van der Waals surface area contributed by atoms with Crippen LogP contribution in [0.2, 0.25) is 0 Å². The number of carbonyl (C=O) groups is 1. The molecule has 5 rings (SSSR count). The molecule has 0 spiro atoms. The van der Waals surface area contributed by atoms with Gasteiger partial charge in [0, 0.05) is 24.7 Å². The first-order valence-electron chi connectivity index (χ1n) is 10.8. The number of rotatable bonds is 6. The lowest BCUT2D eigenvalue weighted by Gasteiger charge is -2.17. The third kappa shape index (κ3) is 4.66. The van der Waals surface area contributed by atoms with Gasteiger partial charge in [0.15, 0.2) is 0 Å². The maximum Gasteiger partial charge on any atom is 0.307 e. The second kappa shape index (κ2) is 9.29. The van der Waals surface area contributed by atoms with Gasteiger partial charge in [-0.25, -0.2) is 0 Å². The predicted octanol–water partition coefficient (Wildman–Crippen LogP) is 5.89. The minimum absolute atomic E-state index is 0.0197. The quantitative estimate of drug-likeness (QED) is 0.314. The van der Waals surface area contributed by atoms with E-state index in [1.165, 1.54) is 11.3 Å². The number of fused-ring (bicyclic) bond motifs is 1. The highest BCUT2D eigenvalue weighted by atomic mass is 32.1. The zero-order valence-corrected chi connectivity index (χ0v) is 20.1. The van der Waals surface area contributed by atoms with Gasteiger partial charge in [-0.15, -0.1) is 11.3 Å². The Kier molecular flexibility index (Phi) is 6.04. The van der Waals surface area contributed by atoms with Gasteiger partial charge in [-0.05, 0) is 45.8 Å². The van der Waals surface area contributed by atoms with Gasteiger partial charge in [0.25, 0.3) is 5.91 Å². The molecule has 5 aromatic rings. The number of aromatic nitrogens is 1. The molecule has 0 radical (unpaired) electrons. The number of hydrogen-bond acceptors (Lipinski definition) is 5. The van der Waals surface area contributed by atoms with Crippen LogP contribution in [0.5, 0.6) is 5.88 Å². The molecule has 2 heterocycles. The molecule has 0 aliphatic heterocycles. The van der Waals surface area contributed by atoms with Crippen molar-refractivity contribution in [1.29, 1.82) is 0 Å². The molecule has 1 amide bonds. The van der Waals surface area contributed by atoms with Crippen molar-refractivity contribution in [2.75, 3.05) is 7.05 Å². The van der Waals surface area contributed by atoms with Crippen LogP contribution < -0.4 is 4.87 Å². The number of amides is 1. The standard InChI is InChI=1S/C27H22N2O3S2/c1-29(26(31)24-15-21-6-2-3-8-22(21)33-24)16-18-5-4-7-20(13-18)19-11-9-17(10-12-19)14-23-25(30)28-27(32)34-23/h2-13,15,30H,14,16H2,1H3,(H,28,32). The van der Waals surface area contributed by atoms with E-state index in [2.05, 4.69) is 17.1 Å². The molecule has 0 saturated carbocycles. The molecule has 2 aromatic heterocycles. The molecule has 2 N–H and O–H groups in total. The van der Waals surface area contributed by atoms with Gasteiger partial charge in [-0.3, -0.25) is 14.6 Å². The van der Waals surface area contributed by atoms with Crippen LogP contribution >= 0.6 is 22.7 Å². The van der Waals surface area contributed by atoms with Crippen LogP contribution in [0.15, 0.2) is 83.7 Å². The lowest BCUT2D eigenvalue weighted by atomic mass is 10.0. The van der Waals surface area contributed by atoms with Crippen molar-refractivity contribution in [3.8, 4) is 17.0 Å². The van der Waals surface area contributed by atoms with E-state index in [-0.39, 0.29) is 16.7 Å². The molecule has 0 saturated heterocycles.